The van der Waals surface area contributed by atoms with Gasteiger partial charge in [-0.25, -0.2) is 0 Å². The quantitative estimate of drug-likeness (QED) is 0.534. The Morgan fingerprint density at radius 2 is 1.88 bits per heavy atom. The van der Waals surface area contributed by atoms with Gasteiger partial charge >= 0.3 is 0 Å². The summed E-state index contributed by atoms with van der Waals surface area (Å²) < 4.78 is 5.77. The van der Waals surface area contributed by atoms with E-state index in [1.165, 1.54) is 4.88 Å². The number of nitrogens with one attached hydrogen (secondary N) is 2. The van der Waals surface area contributed by atoms with E-state index in [1.807, 2.05) is 24.3 Å². The maximum atomic E-state index is 12.7. The highest BCUT2D eigenvalue weighted by Gasteiger charge is 2.29. The summed E-state index contributed by atoms with van der Waals surface area (Å²) in [4.78, 5) is 29.3. The molecule has 2 aliphatic heterocycles. The molecule has 0 saturated carbocycles. The van der Waals surface area contributed by atoms with Crippen molar-refractivity contribution in [3.63, 3.8) is 0 Å². The summed E-state index contributed by atoms with van der Waals surface area (Å²) >= 11 is 1.81. The van der Waals surface area contributed by atoms with Crippen molar-refractivity contribution in [1.29, 1.82) is 0 Å². The number of carbonyl (C=O) groups excluding carboxylic acids is 2. The first kappa shape index (κ1) is 22.6. The Balaban J connectivity index is 1.08. The lowest BCUT2D eigenvalue weighted by Gasteiger charge is -2.31. The van der Waals surface area contributed by atoms with Crippen LogP contribution < -0.4 is 15.4 Å². The molecule has 0 bridgehead atoms. The van der Waals surface area contributed by atoms with Crippen LogP contribution in [0.4, 0.5) is 5.69 Å². The van der Waals surface area contributed by atoms with Crippen LogP contribution in [0, 0.1) is 5.92 Å². The van der Waals surface area contributed by atoms with Crippen molar-refractivity contribution in [2.45, 2.75) is 31.9 Å². The van der Waals surface area contributed by atoms with E-state index in [-0.39, 0.29) is 11.8 Å². The number of thiophene rings is 1. The van der Waals surface area contributed by atoms with Gasteiger partial charge in [-0.3, -0.25) is 14.5 Å². The zero-order valence-corrected chi connectivity index (χ0v) is 19.9. The molecule has 2 amide bonds. The lowest BCUT2D eigenvalue weighted by Crippen LogP contribution is -2.38. The first-order valence-electron chi connectivity index (χ1n) is 11.8. The molecule has 1 aromatic heterocycles. The minimum absolute atomic E-state index is 0.110. The molecule has 1 unspecified atom stereocenters. The van der Waals surface area contributed by atoms with E-state index in [4.69, 9.17) is 4.74 Å². The minimum Gasteiger partial charge on any atom is -0.480 e. The van der Waals surface area contributed by atoms with Crippen LogP contribution in [0.2, 0.25) is 0 Å². The van der Waals surface area contributed by atoms with Crippen molar-refractivity contribution in [1.82, 2.24) is 10.2 Å². The fourth-order valence-electron chi connectivity index (χ4n) is 4.60. The van der Waals surface area contributed by atoms with Gasteiger partial charge < -0.3 is 15.4 Å². The number of likely N-dealkylation sites (tertiary alicyclic amines) is 1. The Bertz CT molecular complexity index is 1110. The van der Waals surface area contributed by atoms with E-state index in [2.05, 4.69) is 33.0 Å². The van der Waals surface area contributed by atoms with Crippen molar-refractivity contribution in [3.05, 3.63) is 82.0 Å². The molecule has 0 aliphatic carbocycles. The zero-order chi connectivity index (χ0) is 23.3. The van der Waals surface area contributed by atoms with Gasteiger partial charge in [0.15, 0.2) is 6.10 Å². The molecule has 5 rings (SSSR count). The second-order valence-electron chi connectivity index (χ2n) is 9.00. The zero-order valence-electron chi connectivity index (χ0n) is 19.0. The summed E-state index contributed by atoms with van der Waals surface area (Å²) in [6.07, 6.45) is 2.17. The topological polar surface area (TPSA) is 70.7 Å². The summed E-state index contributed by atoms with van der Waals surface area (Å²) in [6, 6.07) is 19.1. The second kappa shape index (κ2) is 10.4. The summed E-state index contributed by atoms with van der Waals surface area (Å²) in [7, 11) is 0. The van der Waals surface area contributed by atoms with Gasteiger partial charge in [-0.05, 0) is 73.1 Å². The highest BCUT2D eigenvalue weighted by atomic mass is 32.1. The average molecular weight is 476 g/mol. The molecule has 1 atom stereocenters. The molecule has 2 N–H and O–H groups in total. The number of hydrogen-bond acceptors (Lipinski definition) is 5. The number of ether oxygens (including phenoxy) is 1. The Labute approximate surface area is 203 Å². The molecule has 176 valence electrons. The number of para-hydroxylation sites is 1. The normalized spacial score (nSPS) is 18.2. The van der Waals surface area contributed by atoms with Crippen LogP contribution in [0.15, 0.2) is 66.0 Å². The SMILES string of the molecule is O=C(NCC1CCN(Cc2cccs2)CC1)c1cccc(NC(=O)C2Cc3ccccc3O2)c1. The predicted octanol–water partition coefficient (Wildman–Crippen LogP) is 4.33. The average Bonchev–Trinajstić information content (AvgIpc) is 3.53. The summed E-state index contributed by atoms with van der Waals surface area (Å²) in [6.45, 7) is 3.82. The third kappa shape index (κ3) is 5.48. The molecule has 3 heterocycles. The largest absolute Gasteiger partial charge is 0.480 e. The molecule has 7 heteroatoms. The van der Waals surface area contributed by atoms with Crippen LogP contribution in [-0.4, -0.2) is 42.5 Å². The van der Waals surface area contributed by atoms with E-state index >= 15 is 0 Å². The van der Waals surface area contributed by atoms with E-state index in [0.717, 1.165) is 43.8 Å². The van der Waals surface area contributed by atoms with Crippen molar-refractivity contribution in [2.75, 3.05) is 25.0 Å². The van der Waals surface area contributed by atoms with Gasteiger partial charge in [-0.1, -0.05) is 30.3 Å². The third-order valence-electron chi connectivity index (χ3n) is 6.55. The van der Waals surface area contributed by atoms with Crippen molar-refractivity contribution in [2.24, 2.45) is 5.92 Å². The Kier molecular flexibility index (Phi) is 6.92. The van der Waals surface area contributed by atoms with Crippen molar-refractivity contribution in [3.8, 4) is 5.75 Å². The van der Waals surface area contributed by atoms with Crippen LogP contribution in [0.1, 0.15) is 33.6 Å². The maximum absolute atomic E-state index is 12.7. The predicted molar refractivity (Wildman–Crippen MR) is 134 cm³/mol. The molecule has 6 nitrogen and oxygen atoms in total. The van der Waals surface area contributed by atoms with Gasteiger partial charge in [-0.2, -0.15) is 0 Å². The number of nitrogens with zero attached hydrogens (tertiary/aromatic N) is 1. The molecule has 2 aliphatic rings. The van der Waals surface area contributed by atoms with Crippen LogP contribution >= 0.6 is 11.3 Å². The van der Waals surface area contributed by atoms with E-state index in [0.29, 0.717) is 30.1 Å². The number of fused-ring (bicyclic) bond motifs is 1. The number of hydrogen-bond donors (Lipinski definition) is 2. The third-order valence-corrected chi connectivity index (χ3v) is 7.41. The van der Waals surface area contributed by atoms with Crippen molar-refractivity contribution >= 4 is 28.8 Å². The van der Waals surface area contributed by atoms with Gasteiger partial charge in [0, 0.05) is 35.6 Å². The molecule has 1 fully saturated rings. The molecule has 0 spiro atoms. The van der Waals surface area contributed by atoms with Gasteiger partial charge in [0.25, 0.3) is 11.8 Å². The minimum atomic E-state index is -0.555. The molecule has 1 saturated heterocycles. The number of benzene rings is 2. The van der Waals surface area contributed by atoms with Crippen LogP contribution in [0.5, 0.6) is 5.75 Å². The fourth-order valence-corrected chi connectivity index (χ4v) is 5.35. The van der Waals surface area contributed by atoms with Crippen molar-refractivity contribution < 1.29 is 14.3 Å². The van der Waals surface area contributed by atoms with Gasteiger partial charge in [0.05, 0.1) is 0 Å². The summed E-state index contributed by atoms with van der Waals surface area (Å²) in [5, 5.41) is 8.10. The second-order valence-corrected chi connectivity index (χ2v) is 10.0. The van der Waals surface area contributed by atoms with Gasteiger partial charge in [0.2, 0.25) is 0 Å². The van der Waals surface area contributed by atoms with Crippen LogP contribution in [0.3, 0.4) is 0 Å². The summed E-state index contributed by atoms with van der Waals surface area (Å²) in [5.41, 5.74) is 2.18. The number of carbonyl (C=O) groups is 2. The number of rotatable bonds is 7. The molecular weight excluding hydrogens is 446 g/mol. The monoisotopic (exact) mass is 475 g/mol. The van der Waals surface area contributed by atoms with E-state index in [1.54, 1.807) is 35.6 Å². The number of anilines is 1. The fraction of sp³-hybridized carbons (Fsp3) is 0.333. The first-order chi connectivity index (χ1) is 16.6. The van der Waals surface area contributed by atoms with Crippen LogP contribution in [0.25, 0.3) is 0 Å². The van der Waals surface area contributed by atoms with Gasteiger partial charge in [0.1, 0.15) is 5.75 Å². The molecule has 34 heavy (non-hydrogen) atoms. The molecular formula is C27H29N3O3S. The Hall–Kier alpha value is -3.16. The highest BCUT2D eigenvalue weighted by molar-refractivity contribution is 7.09. The lowest BCUT2D eigenvalue weighted by atomic mass is 9.96. The first-order valence-corrected chi connectivity index (χ1v) is 12.7. The maximum Gasteiger partial charge on any atom is 0.265 e. The van der Waals surface area contributed by atoms with E-state index < -0.39 is 6.10 Å². The lowest BCUT2D eigenvalue weighted by molar-refractivity contribution is -0.122. The smallest absolute Gasteiger partial charge is 0.265 e. The highest BCUT2D eigenvalue weighted by Crippen LogP contribution is 2.28. The van der Waals surface area contributed by atoms with Crippen LogP contribution in [-0.2, 0) is 17.8 Å². The van der Waals surface area contributed by atoms with Gasteiger partial charge in [-0.15, -0.1) is 11.3 Å². The van der Waals surface area contributed by atoms with E-state index in [9.17, 15) is 9.59 Å². The number of amides is 2. The Morgan fingerprint density at radius 1 is 1.03 bits per heavy atom. The molecule has 0 radical (unpaired) electrons. The summed E-state index contributed by atoms with van der Waals surface area (Å²) in [5.74, 6) is 0.936. The number of piperidine rings is 1. The standard InChI is InChI=1S/C27H29N3O3S/c31-26(28-17-19-10-12-30(13-11-19)18-23-8-4-14-34-23)21-6-3-7-22(15-21)29-27(32)25-16-20-5-1-2-9-24(20)33-25/h1-9,14-15,19,25H,10-13,16-18H2,(H,28,31)(H,29,32). The Morgan fingerprint density at radius 3 is 2.68 bits per heavy atom. The molecule has 2 aromatic carbocycles. The molecule has 3 aromatic rings.